The largest absolute Gasteiger partial charge is 0.383 e. The predicted molar refractivity (Wildman–Crippen MR) is 71.6 cm³/mol. The fraction of sp³-hybridized carbons (Fsp3) is 0.545. The first-order chi connectivity index (χ1) is 9.19. The molecule has 0 saturated heterocycles. The molecule has 0 fully saturated rings. The van der Waals surface area contributed by atoms with Crippen LogP contribution in [0.5, 0.6) is 0 Å². The van der Waals surface area contributed by atoms with E-state index in [4.69, 9.17) is 9.47 Å². The molecule has 106 valence electrons. The molecule has 0 aromatic carbocycles. The van der Waals surface area contributed by atoms with Crippen LogP contribution in [0.4, 0.5) is 17.3 Å². The van der Waals surface area contributed by atoms with Crippen LogP contribution >= 0.6 is 0 Å². The fourth-order valence-electron chi connectivity index (χ4n) is 1.38. The molecule has 0 aliphatic heterocycles. The Kier molecular flexibility index (Phi) is 6.55. The molecule has 8 nitrogen and oxygen atoms in total. The summed E-state index contributed by atoms with van der Waals surface area (Å²) in [4.78, 5) is 14.6. The molecule has 8 heteroatoms. The maximum Gasteiger partial charge on any atom is 0.311 e. The summed E-state index contributed by atoms with van der Waals surface area (Å²) in [5, 5.41) is 16.8. The number of hydrogen-bond acceptors (Lipinski definition) is 7. The second-order valence-corrected chi connectivity index (χ2v) is 3.66. The number of anilines is 2. The minimum absolute atomic E-state index is 0.0617. The first kappa shape index (κ1) is 15.1. The Morgan fingerprint density at radius 2 is 1.84 bits per heavy atom. The topological polar surface area (TPSA) is 98.5 Å². The molecule has 0 bridgehead atoms. The molecular weight excluding hydrogens is 252 g/mol. The summed E-state index contributed by atoms with van der Waals surface area (Å²) in [6.07, 6.45) is 0. The second kappa shape index (κ2) is 8.22. The van der Waals surface area contributed by atoms with E-state index in [-0.39, 0.29) is 11.5 Å². The first-order valence-corrected chi connectivity index (χ1v) is 5.80. The van der Waals surface area contributed by atoms with Crippen LogP contribution in [0, 0.1) is 10.1 Å². The number of ether oxygens (including phenoxy) is 2. The normalized spacial score (nSPS) is 10.2. The Morgan fingerprint density at radius 1 is 1.21 bits per heavy atom. The molecule has 1 aromatic heterocycles. The standard InChI is InChI=1S/C11H18N4O4/c1-18-7-5-12-10-4-3-9(15(16)17)11(14-10)13-6-8-19-2/h3-4H,5-8H2,1-2H3,(H2,12,13,14). The third-order valence-corrected chi connectivity index (χ3v) is 2.28. The molecule has 0 saturated carbocycles. The zero-order valence-corrected chi connectivity index (χ0v) is 11.0. The minimum atomic E-state index is -0.471. The maximum atomic E-state index is 10.9. The van der Waals surface area contributed by atoms with Crippen LogP contribution in [0.15, 0.2) is 12.1 Å². The van der Waals surface area contributed by atoms with Crippen molar-refractivity contribution in [3.05, 3.63) is 22.2 Å². The lowest BCUT2D eigenvalue weighted by atomic mass is 10.3. The van der Waals surface area contributed by atoms with Gasteiger partial charge in [-0.05, 0) is 6.07 Å². The molecule has 1 heterocycles. The van der Waals surface area contributed by atoms with Crippen molar-refractivity contribution in [3.8, 4) is 0 Å². The summed E-state index contributed by atoms with van der Waals surface area (Å²) in [5.74, 6) is 0.784. The maximum absolute atomic E-state index is 10.9. The van der Waals surface area contributed by atoms with Gasteiger partial charge < -0.3 is 20.1 Å². The van der Waals surface area contributed by atoms with Gasteiger partial charge in [0, 0.05) is 33.4 Å². The number of hydrogen-bond donors (Lipinski definition) is 2. The van der Waals surface area contributed by atoms with Crippen molar-refractivity contribution >= 4 is 17.3 Å². The van der Waals surface area contributed by atoms with E-state index in [1.165, 1.54) is 6.07 Å². The quantitative estimate of drug-likeness (QED) is 0.394. The lowest BCUT2D eigenvalue weighted by molar-refractivity contribution is -0.384. The van der Waals surface area contributed by atoms with E-state index < -0.39 is 4.92 Å². The van der Waals surface area contributed by atoms with E-state index in [9.17, 15) is 10.1 Å². The SMILES string of the molecule is COCCNc1ccc([N+](=O)[O-])c(NCCOC)n1. The smallest absolute Gasteiger partial charge is 0.311 e. The highest BCUT2D eigenvalue weighted by atomic mass is 16.6. The van der Waals surface area contributed by atoms with Crippen LogP contribution in [-0.4, -0.2) is 50.4 Å². The van der Waals surface area contributed by atoms with Crippen LogP contribution in [0.25, 0.3) is 0 Å². The van der Waals surface area contributed by atoms with E-state index in [2.05, 4.69) is 15.6 Å². The van der Waals surface area contributed by atoms with E-state index in [0.717, 1.165) is 0 Å². The molecule has 1 rings (SSSR count). The Labute approximate surface area is 111 Å². The lowest BCUT2D eigenvalue weighted by Crippen LogP contribution is -2.13. The summed E-state index contributed by atoms with van der Waals surface area (Å²) < 4.78 is 9.79. The first-order valence-electron chi connectivity index (χ1n) is 5.80. The number of nitrogens with one attached hydrogen (secondary N) is 2. The van der Waals surface area contributed by atoms with Crippen LogP contribution in [0.3, 0.4) is 0 Å². The number of aromatic nitrogens is 1. The Morgan fingerprint density at radius 3 is 2.42 bits per heavy atom. The average Bonchev–Trinajstić information content (AvgIpc) is 2.39. The van der Waals surface area contributed by atoms with Gasteiger partial charge in [-0.15, -0.1) is 0 Å². The van der Waals surface area contributed by atoms with Gasteiger partial charge in [-0.3, -0.25) is 10.1 Å². The van der Waals surface area contributed by atoms with Crippen molar-refractivity contribution in [3.63, 3.8) is 0 Å². The Balaban J connectivity index is 2.75. The zero-order valence-electron chi connectivity index (χ0n) is 11.0. The number of methoxy groups -OCH3 is 2. The van der Waals surface area contributed by atoms with Gasteiger partial charge >= 0.3 is 5.69 Å². The minimum Gasteiger partial charge on any atom is -0.383 e. The van der Waals surface area contributed by atoms with Crippen molar-refractivity contribution < 1.29 is 14.4 Å². The fourth-order valence-corrected chi connectivity index (χ4v) is 1.38. The van der Waals surface area contributed by atoms with Gasteiger partial charge in [0.15, 0.2) is 0 Å². The lowest BCUT2D eigenvalue weighted by Gasteiger charge is -2.09. The van der Waals surface area contributed by atoms with Crippen LogP contribution in [-0.2, 0) is 9.47 Å². The molecule has 0 unspecified atom stereocenters. The Hall–Kier alpha value is -1.93. The number of nitro groups is 1. The highest BCUT2D eigenvalue weighted by molar-refractivity contribution is 5.60. The van der Waals surface area contributed by atoms with Gasteiger partial charge in [0.25, 0.3) is 0 Å². The van der Waals surface area contributed by atoms with Gasteiger partial charge in [-0.1, -0.05) is 0 Å². The van der Waals surface area contributed by atoms with Gasteiger partial charge in [-0.2, -0.15) is 0 Å². The summed E-state index contributed by atoms with van der Waals surface area (Å²) in [5.41, 5.74) is -0.0617. The van der Waals surface area contributed by atoms with Gasteiger partial charge in [0.05, 0.1) is 18.1 Å². The zero-order chi connectivity index (χ0) is 14.1. The average molecular weight is 270 g/mol. The van der Waals surface area contributed by atoms with Gasteiger partial charge in [0.1, 0.15) is 5.82 Å². The highest BCUT2D eigenvalue weighted by Gasteiger charge is 2.15. The molecular formula is C11H18N4O4. The van der Waals surface area contributed by atoms with E-state index in [1.807, 2.05) is 0 Å². The summed E-state index contributed by atoms with van der Waals surface area (Å²) >= 11 is 0. The molecule has 0 aliphatic rings. The summed E-state index contributed by atoms with van der Waals surface area (Å²) in [7, 11) is 3.16. The highest BCUT2D eigenvalue weighted by Crippen LogP contribution is 2.23. The van der Waals surface area contributed by atoms with Crippen LogP contribution in [0.2, 0.25) is 0 Å². The third-order valence-electron chi connectivity index (χ3n) is 2.28. The number of nitrogens with zero attached hydrogens (tertiary/aromatic N) is 2. The van der Waals surface area contributed by atoms with E-state index >= 15 is 0 Å². The van der Waals surface area contributed by atoms with E-state index in [0.29, 0.717) is 32.1 Å². The molecule has 0 aliphatic carbocycles. The van der Waals surface area contributed by atoms with Crippen LogP contribution in [0.1, 0.15) is 0 Å². The summed E-state index contributed by atoms with van der Waals surface area (Å²) in [6.45, 7) is 2.01. The second-order valence-electron chi connectivity index (χ2n) is 3.66. The van der Waals surface area contributed by atoms with Crippen LogP contribution < -0.4 is 10.6 Å². The third kappa shape index (κ3) is 5.06. The van der Waals surface area contributed by atoms with Crippen molar-refractivity contribution in [2.24, 2.45) is 0 Å². The number of pyridine rings is 1. The van der Waals surface area contributed by atoms with Gasteiger partial charge in [-0.25, -0.2) is 4.98 Å². The van der Waals surface area contributed by atoms with E-state index in [1.54, 1.807) is 20.3 Å². The molecule has 0 spiro atoms. The van der Waals surface area contributed by atoms with Crippen molar-refractivity contribution in [1.82, 2.24) is 4.98 Å². The van der Waals surface area contributed by atoms with Crippen molar-refractivity contribution in [2.45, 2.75) is 0 Å². The summed E-state index contributed by atoms with van der Waals surface area (Å²) in [6, 6.07) is 2.98. The Bertz CT molecular complexity index is 414. The molecule has 19 heavy (non-hydrogen) atoms. The monoisotopic (exact) mass is 270 g/mol. The molecule has 2 N–H and O–H groups in total. The molecule has 0 amide bonds. The number of rotatable bonds is 9. The molecule has 0 atom stereocenters. The van der Waals surface area contributed by atoms with Crippen molar-refractivity contribution in [1.29, 1.82) is 0 Å². The molecule has 1 aromatic rings. The van der Waals surface area contributed by atoms with Crippen molar-refractivity contribution in [2.75, 3.05) is 51.2 Å². The predicted octanol–water partition coefficient (Wildman–Crippen LogP) is 1.11. The molecule has 0 radical (unpaired) electrons. The van der Waals surface area contributed by atoms with Gasteiger partial charge in [0.2, 0.25) is 5.82 Å².